The maximum atomic E-state index is 12.9. The molecule has 0 spiro atoms. The number of hydrogen-bond donors (Lipinski definition) is 2. The molecule has 0 bridgehead atoms. The van der Waals surface area contributed by atoms with Gasteiger partial charge in [0.15, 0.2) is 5.78 Å². The number of aromatic hydroxyl groups is 1. The van der Waals surface area contributed by atoms with E-state index in [0.29, 0.717) is 30.7 Å². The molecule has 2 aromatic carbocycles. The lowest BCUT2D eigenvalue weighted by molar-refractivity contribution is -0.116. The Kier molecular flexibility index (Phi) is 5.81. The van der Waals surface area contributed by atoms with Crippen LogP contribution < -0.4 is 10.1 Å². The molecule has 2 aromatic rings. The smallest absolute Gasteiger partial charge is 0.224 e. The standard InChI is InChI=1S/C23H26N2O4/c26-21-15-20-17(6-9-22(27)24-20)14-19(21)23(28)16-4-7-18(8-5-16)29-13-12-25-10-2-1-3-11-25/h4-5,7-8,14-15,26H,1-3,6,9-13H2,(H,24,27). The predicted molar refractivity (Wildman–Crippen MR) is 111 cm³/mol. The van der Waals surface area contributed by atoms with E-state index in [2.05, 4.69) is 10.2 Å². The van der Waals surface area contributed by atoms with E-state index in [0.717, 1.165) is 30.9 Å². The average Bonchev–Trinajstić information content (AvgIpc) is 2.74. The number of fused-ring (bicyclic) bond motifs is 1. The van der Waals surface area contributed by atoms with Crippen LogP contribution >= 0.6 is 0 Å². The van der Waals surface area contributed by atoms with Gasteiger partial charge in [-0.15, -0.1) is 0 Å². The normalized spacial score (nSPS) is 16.8. The molecule has 2 N–H and O–H groups in total. The Bertz CT molecular complexity index is 902. The molecular formula is C23H26N2O4. The second kappa shape index (κ2) is 8.66. The number of piperidine rings is 1. The maximum absolute atomic E-state index is 12.9. The highest BCUT2D eigenvalue weighted by atomic mass is 16.5. The van der Waals surface area contributed by atoms with E-state index in [1.807, 2.05) is 0 Å². The summed E-state index contributed by atoms with van der Waals surface area (Å²) in [5.41, 5.74) is 2.18. The number of nitrogens with one attached hydrogen (secondary N) is 1. The molecular weight excluding hydrogens is 368 g/mol. The molecule has 4 rings (SSSR count). The number of aryl methyl sites for hydroxylation is 1. The summed E-state index contributed by atoms with van der Waals surface area (Å²) >= 11 is 0. The first-order valence-electron chi connectivity index (χ1n) is 10.3. The van der Waals surface area contributed by atoms with Crippen LogP contribution in [-0.2, 0) is 11.2 Å². The summed E-state index contributed by atoms with van der Waals surface area (Å²) in [6.07, 6.45) is 4.79. The third-order valence-corrected chi connectivity index (χ3v) is 5.60. The third-order valence-electron chi connectivity index (χ3n) is 5.60. The van der Waals surface area contributed by atoms with Crippen LogP contribution in [0, 0.1) is 0 Å². The van der Waals surface area contributed by atoms with E-state index >= 15 is 0 Å². The van der Waals surface area contributed by atoms with Crippen molar-refractivity contribution < 1.29 is 19.4 Å². The largest absolute Gasteiger partial charge is 0.507 e. The number of ketones is 1. The van der Waals surface area contributed by atoms with Crippen LogP contribution in [-0.4, -0.2) is 47.9 Å². The molecule has 0 atom stereocenters. The van der Waals surface area contributed by atoms with Crippen LogP contribution in [0.15, 0.2) is 36.4 Å². The van der Waals surface area contributed by atoms with Crippen molar-refractivity contribution in [1.82, 2.24) is 4.90 Å². The molecule has 0 aliphatic carbocycles. The average molecular weight is 394 g/mol. The number of likely N-dealkylation sites (tertiary alicyclic amines) is 1. The summed E-state index contributed by atoms with van der Waals surface area (Å²) < 4.78 is 5.81. The lowest BCUT2D eigenvalue weighted by Crippen LogP contribution is -2.33. The number of carbonyl (C=O) groups is 2. The highest BCUT2D eigenvalue weighted by molar-refractivity contribution is 6.11. The van der Waals surface area contributed by atoms with E-state index in [-0.39, 0.29) is 23.0 Å². The van der Waals surface area contributed by atoms with Crippen LogP contribution in [0.25, 0.3) is 0 Å². The summed E-state index contributed by atoms with van der Waals surface area (Å²) in [7, 11) is 0. The van der Waals surface area contributed by atoms with E-state index in [1.165, 1.54) is 25.3 Å². The van der Waals surface area contributed by atoms with Crippen molar-refractivity contribution in [3.63, 3.8) is 0 Å². The summed E-state index contributed by atoms with van der Waals surface area (Å²) in [5.74, 6) is 0.280. The molecule has 1 amide bonds. The topological polar surface area (TPSA) is 78.9 Å². The Balaban J connectivity index is 1.39. The van der Waals surface area contributed by atoms with Crippen LogP contribution in [0.5, 0.6) is 11.5 Å². The van der Waals surface area contributed by atoms with Gasteiger partial charge in [-0.3, -0.25) is 14.5 Å². The minimum atomic E-state index is -0.248. The van der Waals surface area contributed by atoms with Crippen molar-refractivity contribution in [2.75, 3.05) is 31.6 Å². The van der Waals surface area contributed by atoms with Gasteiger partial charge in [0.05, 0.1) is 5.56 Å². The number of phenolic OH excluding ortho intramolecular Hbond substituents is 1. The Hall–Kier alpha value is -2.86. The van der Waals surface area contributed by atoms with Crippen molar-refractivity contribution in [3.05, 3.63) is 53.1 Å². The summed E-state index contributed by atoms with van der Waals surface area (Å²) in [4.78, 5) is 26.8. The minimum Gasteiger partial charge on any atom is -0.507 e. The first-order chi connectivity index (χ1) is 14.1. The Morgan fingerprint density at radius 1 is 1.07 bits per heavy atom. The number of benzene rings is 2. The number of rotatable bonds is 6. The van der Waals surface area contributed by atoms with Crippen LogP contribution in [0.1, 0.15) is 47.2 Å². The van der Waals surface area contributed by atoms with E-state index in [1.54, 1.807) is 30.3 Å². The van der Waals surface area contributed by atoms with Gasteiger partial charge in [-0.1, -0.05) is 6.42 Å². The highest BCUT2D eigenvalue weighted by Crippen LogP contribution is 2.31. The first kappa shape index (κ1) is 19.5. The highest BCUT2D eigenvalue weighted by Gasteiger charge is 2.21. The fourth-order valence-electron chi connectivity index (χ4n) is 3.93. The van der Waals surface area contributed by atoms with Gasteiger partial charge in [-0.05, 0) is 68.2 Å². The SMILES string of the molecule is O=C1CCc2cc(C(=O)c3ccc(OCCN4CCCCC4)cc3)c(O)cc2N1. The lowest BCUT2D eigenvalue weighted by atomic mass is 9.95. The molecule has 0 unspecified atom stereocenters. The molecule has 2 heterocycles. The summed E-state index contributed by atoms with van der Waals surface area (Å²) in [6, 6.07) is 10.2. The van der Waals surface area contributed by atoms with E-state index in [9.17, 15) is 14.7 Å². The van der Waals surface area contributed by atoms with E-state index < -0.39 is 0 Å². The second-order valence-electron chi connectivity index (χ2n) is 7.68. The number of amides is 1. The number of phenols is 1. The van der Waals surface area contributed by atoms with Crippen LogP contribution in [0.2, 0.25) is 0 Å². The first-order valence-corrected chi connectivity index (χ1v) is 10.3. The quantitative estimate of drug-likeness (QED) is 0.735. The van der Waals surface area contributed by atoms with Crippen molar-refractivity contribution >= 4 is 17.4 Å². The molecule has 0 saturated carbocycles. The van der Waals surface area contributed by atoms with E-state index in [4.69, 9.17) is 4.74 Å². The van der Waals surface area contributed by atoms with Crippen molar-refractivity contribution in [3.8, 4) is 11.5 Å². The number of anilines is 1. The predicted octanol–water partition coefficient (Wildman–Crippen LogP) is 3.37. The lowest BCUT2D eigenvalue weighted by Gasteiger charge is -2.26. The Morgan fingerprint density at radius 2 is 1.83 bits per heavy atom. The zero-order chi connectivity index (χ0) is 20.2. The van der Waals surface area contributed by atoms with Gasteiger partial charge in [0.2, 0.25) is 5.91 Å². The zero-order valence-corrected chi connectivity index (χ0v) is 16.4. The molecule has 1 saturated heterocycles. The van der Waals surface area contributed by atoms with Crippen LogP contribution in [0.4, 0.5) is 5.69 Å². The van der Waals surface area contributed by atoms with Crippen molar-refractivity contribution in [1.29, 1.82) is 0 Å². The number of hydrogen-bond acceptors (Lipinski definition) is 5. The minimum absolute atomic E-state index is 0.0770. The molecule has 6 heteroatoms. The van der Waals surface area contributed by atoms with Gasteiger partial charge in [0.25, 0.3) is 0 Å². The van der Waals surface area contributed by atoms with Gasteiger partial charge >= 0.3 is 0 Å². The zero-order valence-electron chi connectivity index (χ0n) is 16.4. The van der Waals surface area contributed by atoms with Crippen molar-refractivity contribution in [2.24, 2.45) is 0 Å². The molecule has 2 aliphatic heterocycles. The molecule has 6 nitrogen and oxygen atoms in total. The van der Waals surface area contributed by atoms with Crippen LogP contribution in [0.3, 0.4) is 0 Å². The molecule has 1 fully saturated rings. The van der Waals surface area contributed by atoms with Gasteiger partial charge < -0.3 is 15.2 Å². The van der Waals surface area contributed by atoms with Gasteiger partial charge in [-0.2, -0.15) is 0 Å². The van der Waals surface area contributed by atoms with Gasteiger partial charge in [0.1, 0.15) is 18.1 Å². The number of ether oxygens (including phenoxy) is 1. The van der Waals surface area contributed by atoms with Gasteiger partial charge in [0, 0.05) is 30.3 Å². The number of nitrogens with zero attached hydrogens (tertiary/aromatic N) is 1. The Morgan fingerprint density at radius 3 is 2.59 bits per heavy atom. The summed E-state index contributed by atoms with van der Waals surface area (Å²) in [6.45, 7) is 3.83. The number of carbonyl (C=O) groups excluding carboxylic acids is 2. The fraction of sp³-hybridized carbons (Fsp3) is 0.391. The molecule has 2 aliphatic rings. The molecule has 0 aromatic heterocycles. The summed E-state index contributed by atoms with van der Waals surface area (Å²) in [5, 5.41) is 13.0. The molecule has 152 valence electrons. The monoisotopic (exact) mass is 394 g/mol. The fourth-order valence-corrected chi connectivity index (χ4v) is 3.93. The Labute approximate surface area is 170 Å². The molecule has 29 heavy (non-hydrogen) atoms. The second-order valence-corrected chi connectivity index (χ2v) is 7.68. The molecule has 0 radical (unpaired) electrons. The van der Waals surface area contributed by atoms with Gasteiger partial charge in [-0.25, -0.2) is 0 Å². The maximum Gasteiger partial charge on any atom is 0.224 e. The van der Waals surface area contributed by atoms with Crippen molar-refractivity contribution in [2.45, 2.75) is 32.1 Å². The third kappa shape index (κ3) is 4.59.